The number of benzene rings is 2. The number of fused-ring (bicyclic) bond motifs is 1. The van der Waals surface area contributed by atoms with E-state index in [1.54, 1.807) is 16.9 Å². The van der Waals surface area contributed by atoms with Crippen LogP contribution in [0.1, 0.15) is 0 Å². The predicted molar refractivity (Wildman–Crippen MR) is 114 cm³/mol. The third-order valence-corrected chi connectivity index (χ3v) is 4.58. The molecule has 0 bridgehead atoms. The lowest BCUT2D eigenvalue weighted by atomic mass is 10.3. The van der Waals surface area contributed by atoms with Crippen molar-refractivity contribution in [2.24, 2.45) is 0 Å². The summed E-state index contributed by atoms with van der Waals surface area (Å²) in [7, 11) is 4.11. The van der Waals surface area contributed by atoms with E-state index < -0.39 is 12.1 Å². The smallest absolute Gasteiger partial charge is 0.475 e. The van der Waals surface area contributed by atoms with E-state index in [0.29, 0.717) is 5.69 Å². The Morgan fingerprint density at radius 1 is 1.12 bits per heavy atom. The number of imidazole rings is 1. The number of carboxylic acid groups (broad SMARTS) is 1. The molecule has 0 aliphatic rings. The summed E-state index contributed by atoms with van der Waals surface area (Å²) in [6.45, 7) is 1.74. The fourth-order valence-corrected chi connectivity index (χ4v) is 3.02. The molecule has 0 unspecified atom stereocenters. The Morgan fingerprint density at radius 2 is 1.82 bits per heavy atom. The standard InChI is InChI=1S/C20H20FN5.C2HF3O2/c1-24(2)10-11-25-19-9-4-3-8-18(19)23-20(25)15-13-22-26(14-15)17-7-5-6-16(21)12-17;3-2(4,5)1(6)7/h3-9,12-14H,10-11H2,1-2H3;(H,6,7). The van der Waals surface area contributed by atoms with Gasteiger partial charge in [0.25, 0.3) is 0 Å². The Kier molecular flexibility index (Phi) is 7.12. The van der Waals surface area contributed by atoms with Crippen molar-refractivity contribution in [3.05, 3.63) is 66.7 Å². The molecule has 0 saturated heterocycles. The Balaban J connectivity index is 0.000000383. The molecule has 4 aromatic rings. The van der Waals surface area contributed by atoms with Crippen molar-refractivity contribution in [2.45, 2.75) is 12.7 Å². The van der Waals surface area contributed by atoms with Gasteiger partial charge in [0.2, 0.25) is 0 Å². The zero-order valence-corrected chi connectivity index (χ0v) is 17.8. The first-order chi connectivity index (χ1) is 15.6. The average molecular weight is 463 g/mol. The number of carbonyl (C=O) groups is 1. The van der Waals surface area contributed by atoms with Gasteiger partial charge in [-0.05, 0) is 44.4 Å². The minimum Gasteiger partial charge on any atom is -0.475 e. The Morgan fingerprint density at radius 3 is 2.45 bits per heavy atom. The summed E-state index contributed by atoms with van der Waals surface area (Å²) >= 11 is 0. The molecule has 0 radical (unpaired) electrons. The van der Waals surface area contributed by atoms with Crippen molar-refractivity contribution in [1.29, 1.82) is 0 Å². The molecule has 1 N–H and O–H groups in total. The molecule has 0 amide bonds. The number of hydrogen-bond acceptors (Lipinski definition) is 4. The van der Waals surface area contributed by atoms with Crippen molar-refractivity contribution in [3.63, 3.8) is 0 Å². The molecule has 0 spiro atoms. The average Bonchev–Trinajstić information content (AvgIpc) is 3.37. The highest BCUT2D eigenvalue weighted by Gasteiger charge is 2.38. The lowest BCUT2D eigenvalue weighted by Crippen LogP contribution is -2.21. The van der Waals surface area contributed by atoms with E-state index in [-0.39, 0.29) is 5.82 Å². The molecular weight excluding hydrogens is 442 g/mol. The Bertz CT molecular complexity index is 1250. The van der Waals surface area contributed by atoms with E-state index in [2.05, 4.69) is 34.7 Å². The summed E-state index contributed by atoms with van der Waals surface area (Å²) in [5, 5.41) is 11.5. The number of hydrogen-bond donors (Lipinski definition) is 1. The molecule has 0 fully saturated rings. The van der Waals surface area contributed by atoms with Crippen molar-refractivity contribution in [2.75, 3.05) is 20.6 Å². The van der Waals surface area contributed by atoms with Gasteiger partial charge in [-0.3, -0.25) is 0 Å². The maximum absolute atomic E-state index is 13.5. The SMILES string of the molecule is CN(C)CCn1c(-c2cnn(-c3cccc(F)c3)c2)nc2ccccc21.O=C(O)C(F)(F)F. The fourth-order valence-electron chi connectivity index (χ4n) is 3.02. The number of nitrogens with zero attached hydrogens (tertiary/aromatic N) is 5. The van der Waals surface area contributed by atoms with Crippen LogP contribution in [-0.2, 0) is 11.3 Å². The van der Waals surface area contributed by atoms with Crippen LogP contribution >= 0.6 is 0 Å². The number of para-hydroxylation sites is 2. The second-order valence-electron chi connectivity index (χ2n) is 7.34. The zero-order valence-electron chi connectivity index (χ0n) is 17.8. The minimum absolute atomic E-state index is 0.280. The number of rotatable bonds is 5. The molecule has 0 aliphatic heterocycles. The molecule has 0 atom stereocenters. The lowest BCUT2D eigenvalue weighted by Gasteiger charge is -2.12. The Hall–Kier alpha value is -3.73. The number of carboxylic acids is 1. The van der Waals surface area contributed by atoms with E-state index in [1.807, 2.05) is 30.5 Å². The first kappa shape index (κ1) is 23.9. The third kappa shape index (κ3) is 5.95. The van der Waals surface area contributed by atoms with Gasteiger partial charge >= 0.3 is 12.1 Å². The summed E-state index contributed by atoms with van der Waals surface area (Å²) < 4.78 is 49.1. The maximum Gasteiger partial charge on any atom is 0.490 e. The first-order valence-corrected chi connectivity index (χ1v) is 9.77. The van der Waals surface area contributed by atoms with E-state index >= 15 is 0 Å². The molecule has 2 aromatic heterocycles. The van der Waals surface area contributed by atoms with Gasteiger partial charge in [-0.25, -0.2) is 18.9 Å². The van der Waals surface area contributed by atoms with Crippen LogP contribution in [0, 0.1) is 5.82 Å². The maximum atomic E-state index is 13.5. The van der Waals surface area contributed by atoms with Gasteiger partial charge in [0, 0.05) is 19.3 Å². The number of halogens is 4. The van der Waals surface area contributed by atoms with Gasteiger partial charge in [0.1, 0.15) is 11.6 Å². The second-order valence-corrected chi connectivity index (χ2v) is 7.34. The van der Waals surface area contributed by atoms with Gasteiger partial charge in [-0.2, -0.15) is 18.3 Å². The van der Waals surface area contributed by atoms with Crippen molar-refractivity contribution in [3.8, 4) is 17.1 Å². The summed E-state index contributed by atoms with van der Waals surface area (Å²) in [6.07, 6.45) is -1.42. The largest absolute Gasteiger partial charge is 0.490 e. The number of likely N-dealkylation sites (N-methyl/N-ethyl adjacent to an activating group) is 1. The van der Waals surface area contributed by atoms with Crippen molar-refractivity contribution >= 4 is 17.0 Å². The van der Waals surface area contributed by atoms with Gasteiger partial charge in [0.15, 0.2) is 0 Å². The monoisotopic (exact) mass is 463 g/mol. The van der Waals surface area contributed by atoms with E-state index in [1.165, 1.54) is 12.1 Å². The van der Waals surface area contributed by atoms with Crippen molar-refractivity contribution in [1.82, 2.24) is 24.2 Å². The molecule has 7 nitrogen and oxygen atoms in total. The third-order valence-electron chi connectivity index (χ3n) is 4.58. The van der Waals surface area contributed by atoms with Crippen LogP contribution in [-0.4, -0.2) is 62.1 Å². The minimum atomic E-state index is -5.08. The molecule has 0 saturated carbocycles. The second kappa shape index (κ2) is 9.82. The van der Waals surface area contributed by atoms with Crippen LogP contribution in [0.15, 0.2) is 60.9 Å². The van der Waals surface area contributed by atoms with Crippen LogP contribution in [0.2, 0.25) is 0 Å². The normalized spacial score (nSPS) is 11.5. The van der Waals surface area contributed by atoms with Crippen LogP contribution < -0.4 is 0 Å². The molecule has 2 aromatic carbocycles. The van der Waals surface area contributed by atoms with Crippen LogP contribution in [0.3, 0.4) is 0 Å². The van der Waals surface area contributed by atoms with Crippen LogP contribution in [0.5, 0.6) is 0 Å². The molecule has 174 valence electrons. The highest BCUT2D eigenvalue weighted by molar-refractivity contribution is 5.80. The quantitative estimate of drug-likeness (QED) is 0.449. The van der Waals surface area contributed by atoms with Gasteiger partial charge in [-0.15, -0.1) is 0 Å². The van der Waals surface area contributed by atoms with E-state index in [4.69, 9.17) is 14.9 Å². The van der Waals surface area contributed by atoms with Gasteiger partial charge < -0.3 is 14.6 Å². The molecular formula is C22H21F4N5O2. The molecule has 2 heterocycles. The molecule has 11 heteroatoms. The first-order valence-electron chi connectivity index (χ1n) is 9.77. The fraction of sp³-hybridized carbons (Fsp3) is 0.227. The molecule has 0 aliphatic carbocycles. The zero-order chi connectivity index (χ0) is 24.2. The summed E-state index contributed by atoms with van der Waals surface area (Å²) in [6, 6.07) is 14.5. The van der Waals surface area contributed by atoms with E-state index in [0.717, 1.165) is 35.5 Å². The number of aliphatic carboxylic acids is 1. The summed E-state index contributed by atoms with van der Waals surface area (Å²) in [5.41, 5.74) is 3.65. The number of aromatic nitrogens is 4. The Labute approximate surface area is 186 Å². The summed E-state index contributed by atoms with van der Waals surface area (Å²) in [4.78, 5) is 15.8. The highest BCUT2D eigenvalue weighted by Crippen LogP contribution is 2.25. The van der Waals surface area contributed by atoms with E-state index in [9.17, 15) is 17.6 Å². The summed E-state index contributed by atoms with van der Waals surface area (Å²) in [5.74, 6) is -2.17. The highest BCUT2D eigenvalue weighted by atomic mass is 19.4. The number of alkyl halides is 3. The van der Waals surface area contributed by atoms with Crippen molar-refractivity contribution < 1.29 is 27.5 Å². The lowest BCUT2D eigenvalue weighted by molar-refractivity contribution is -0.192. The van der Waals surface area contributed by atoms with Gasteiger partial charge in [-0.1, -0.05) is 18.2 Å². The van der Waals surface area contributed by atoms with Gasteiger partial charge in [0.05, 0.1) is 28.5 Å². The predicted octanol–water partition coefficient (Wildman–Crippen LogP) is 4.22. The van der Waals surface area contributed by atoms with Crippen LogP contribution in [0.4, 0.5) is 17.6 Å². The molecule has 33 heavy (non-hydrogen) atoms. The molecule has 4 rings (SSSR count). The topological polar surface area (TPSA) is 76.2 Å². The van der Waals surface area contributed by atoms with Crippen LogP contribution in [0.25, 0.3) is 28.1 Å².